The predicted octanol–water partition coefficient (Wildman–Crippen LogP) is 6.58. The number of aromatic hydroxyl groups is 1. The normalized spacial score (nSPS) is 11.4. The van der Waals surface area contributed by atoms with Gasteiger partial charge in [0.05, 0.1) is 11.7 Å². The van der Waals surface area contributed by atoms with E-state index in [0.717, 1.165) is 22.0 Å². The van der Waals surface area contributed by atoms with Crippen LogP contribution in [0.3, 0.4) is 0 Å². The first-order valence-corrected chi connectivity index (χ1v) is 10.1. The van der Waals surface area contributed by atoms with E-state index in [0.29, 0.717) is 5.56 Å². The van der Waals surface area contributed by atoms with E-state index in [-0.39, 0.29) is 11.2 Å². The average molecular weight is 385 g/mol. The van der Waals surface area contributed by atoms with Crippen LogP contribution in [0.2, 0.25) is 0 Å². The molecule has 0 atom stereocenters. The standard InChI is InChI=1S/C24H22N2O.C2H6/c1-24(2,20-11-4-3-5-12-20)21-13-8-10-19(23(21)27)17-25-26-16-15-18-9-6-7-14-22(18)26;1-2/h3-17,27H,1-2H3;1-2H3/b25-17+;. The largest absolute Gasteiger partial charge is 0.507 e. The van der Waals surface area contributed by atoms with Gasteiger partial charge in [0.1, 0.15) is 5.75 Å². The van der Waals surface area contributed by atoms with Gasteiger partial charge in [-0.15, -0.1) is 0 Å². The average Bonchev–Trinajstić information content (AvgIpc) is 3.18. The maximum atomic E-state index is 10.9. The third-order valence-electron chi connectivity index (χ3n) is 5.14. The highest BCUT2D eigenvalue weighted by atomic mass is 16.3. The minimum absolute atomic E-state index is 0.270. The van der Waals surface area contributed by atoms with Crippen molar-refractivity contribution in [2.24, 2.45) is 5.10 Å². The van der Waals surface area contributed by atoms with Gasteiger partial charge in [0.25, 0.3) is 0 Å². The SMILES string of the molecule is CC.CC(C)(c1ccccc1)c1cccc(/C=N/n2ccc3ccccc32)c1O. The van der Waals surface area contributed by atoms with Gasteiger partial charge >= 0.3 is 0 Å². The summed E-state index contributed by atoms with van der Waals surface area (Å²) in [5, 5.41) is 16.6. The Labute approximate surface area is 173 Å². The molecule has 3 nitrogen and oxygen atoms in total. The summed E-state index contributed by atoms with van der Waals surface area (Å²) in [6, 6.07) is 26.2. The Kier molecular flexibility index (Phi) is 6.18. The molecule has 4 aromatic rings. The Hall–Kier alpha value is -3.33. The highest BCUT2D eigenvalue weighted by Gasteiger charge is 2.26. The second kappa shape index (κ2) is 8.78. The lowest BCUT2D eigenvalue weighted by Gasteiger charge is -2.27. The number of rotatable bonds is 4. The molecule has 1 heterocycles. The summed E-state index contributed by atoms with van der Waals surface area (Å²) in [4.78, 5) is 0. The molecule has 0 aliphatic rings. The second-order valence-corrected chi connectivity index (χ2v) is 7.20. The molecule has 1 N–H and O–H groups in total. The smallest absolute Gasteiger partial charge is 0.128 e. The lowest BCUT2D eigenvalue weighted by Crippen LogP contribution is -2.19. The van der Waals surface area contributed by atoms with Crippen LogP contribution < -0.4 is 0 Å². The van der Waals surface area contributed by atoms with E-state index in [1.165, 1.54) is 0 Å². The summed E-state index contributed by atoms with van der Waals surface area (Å²) < 4.78 is 1.82. The van der Waals surface area contributed by atoms with Gasteiger partial charge in [0.2, 0.25) is 0 Å². The molecule has 29 heavy (non-hydrogen) atoms. The fourth-order valence-corrected chi connectivity index (χ4v) is 3.47. The van der Waals surface area contributed by atoms with Gasteiger partial charge in [-0.25, -0.2) is 4.68 Å². The monoisotopic (exact) mass is 384 g/mol. The van der Waals surface area contributed by atoms with Crippen molar-refractivity contribution >= 4 is 17.1 Å². The molecule has 0 spiro atoms. The minimum Gasteiger partial charge on any atom is -0.507 e. The van der Waals surface area contributed by atoms with Gasteiger partial charge in [0.15, 0.2) is 0 Å². The van der Waals surface area contributed by atoms with Crippen molar-refractivity contribution in [3.8, 4) is 5.75 Å². The molecule has 0 saturated carbocycles. The van der Waals surface area contributed by atoms with E-state index >= 15 is 0 Å². The number of para-hydroxylation sites is 2. The molecular weight excluding hydrogens is 356 g/mol. The maximum Gasteiger partial charge on any atom is 0.128 e. The van der Waals surface area contributed by atoms with Crippen molar-refractivity contribution in [1.82, 2.24) is 4.68 Å². The molecule has 0 saturated heterocycles. The van der Waals surface area contributed by atoms with Gasteiger partial charge in [0, 0.05) is 28.1 Å². The van der Waals surface area contributed by atoms with Crippen LogP contribution in [-0.2, 0) is 5.41 Å². The number of aromatic nitrogens is 1. The summed E-state index contributed by atoms with van der Waals surface area (Å²) in [7, 11) is 0. The topological polar surface area (TPSA) is 37.5 Å². The molecular formula is C26H28N2O. The van der Waals surface area contributed by atoms with E-state index in [1.807, 2.05) is 85.4 Å². The molecule has 0 amide bonds. The van der Waals surface area contributed by atoms with Gasteiger partial charge in [-0.3, -0.25) is 0 Å². The van der Waals surface area contributed by atoms with Crippen LogP contribution in [0.4, 0.5) is 0 Å². The van der Waals surface area contributed by atoms with Crippen LogP contribution in [-0.4, -0.2) is 16.0 Å². The predicted molar refractivity (Wildman–Crippen MR) is 123 cm³/mol. The first kappa shape index (κ1) is 20.4. The van der Waals surface area contributed by atoms with Crippen molar-refractivity contribution in [3.05, 3.63) is 102 Å². The van der Waals surface area contributed by atoms with Crippen LogP contribution in [0.1, 0.15) is 44.4 Å². The molecule has 3 aromatic carbocycles. The summed E-state index contributed by atoms with van der Waals surface area (Å²) in [5.74, 6) is 0.270. The molecule has 4 rings (SSSR count). The fourth-order valence-electron chi connectivity index (χ4n) is 3.47. The number of phenols is 1. The number of fused-ring (bicyclic) bond motifs is 1. The van der Waals surface area contributed by atoms with Gasteiger partial charge in [-0.2, -0.15) is 5.10 Å². The van der Waals surface area contributed by atoms with E-state index in [9.17, 15) is 5.11 Å². The summed E-state index contributed by atoms with van der Waals surface area (Å²) >= 11 is 0. The van der Waals surface area contributed by atoms with Crippen LogP contribution in [0.15, 0.2) is 90.2 Å². The number of phenolic OH excluding ortho intramolecular Hbond substituents is 1. The summed E-state index contributed by atoms with van der Waals surface area (Å²) in [5.41, 5.74) is 3.47. The van der Waals surface area contributed by atoms with Crippen molar-refractivity contribution < 1.29 is 5.11 Å². The quantitative estimate of drug-likeness (QED) is 0.396. The van der Waals surface area contributed by atoms with E-state index < -0.39 is 0 Å². The van der Waals surface area contributed by atoms with Gasteiger partial charge < -0.3 is 5.11 Å². The minimum atomic E-state index is -0.310. The number of nitrogens with zero attached hydrogens (tertiary/aromatic N) is 2. The Morgan fingerprint density at radius 2 is 1.52 bits per heavy atom. The number of hydrogen-bond donors (Lipinski definition) is 1. The van der Waals surface area contributed by atoms with Crippen LogP contribution in [0.25, 0.3) is 10.9 Å². The highest BCUT2D eigenvalue weighted by molar-refractivity contribution is 5.86. The summed E-state index contributed by atoms with van der Waals surface area (Å²) in [6.07, 6.45) is 3.64. The Balaban J connectivity index is 0.00000117. The van der Waals surface area contributed by atoms with Crippen molar-refractivity contribution in [3.63, 3.8) is 0 Å². The molecule has 0 aliphatic carbocycles. The molecule has 3 heteroatoms. The van der Waals surface area contributed by atoms with Crippen LogP contribution >= 0.6 is 0 Å². The molecule has 0 fully saturated rings. The lowest BCUT2D eigenvalue weighted by atomic mass is 9.77. The summed E-state index contributed by atoms with van der Waals surface area (Å²) in [6.45, 7) is 8.25. The van der Waals surface area contributed by atoms with Gasteiger partial charge in [-0.05, 0) is 23.8 Å². The second-order valence-electron chi connectivity index (χ2n) is 7.20. The zero-order chi connectivity index (χ0) is 20.9. The zero-order valence-corrected chi connectivity index (χ0v) is 17.5. The Morgan fingerprint density at radius 3 is 2.28 bits per heavy atom. The Bertz CT molecular complexity index is 1110. The van der Waals surface area contributed by atoms with E-state index in [1.54, 1.807) is 6.21 Å². The Morgan fingerprint density at radius 1 is 0.828 bits per heavy atom. The lowest BCUT2D eigenvalue weighted by molar-refractivity contribution is 0.452. The van der Waals surface area contributed by atoms with E-state index in [2.05, 4.69) is 37.1 Å². The maximum absolute atomic E-state index is 10.9. The van der Waals surface area contributed by atoms with Crippen LogP contribution in [0.5, 0.6) is 5.75 Å². The number of benzene rings is 3. The molecule has 1 aromatic heterocycles. The van der Waals surface area contributed by atoms with Gasteiger partial charge in [-0.1, -0.05) is 88.4 Å². The molecule has 148 valence electrons. The fraction of sp³-hybridized carbons (Fsp3) is 0.192. The van der Waals surface area contributed by atoms with E-state index in [4.69, 9.17) is 0 Å². The third-order valence-corrected chi connectivity index (χ3v) is 5.14. The van der Waals surface area contributed by atoms with Crippen molar-refractivity contribution in [2.75, 3.05) is 0 Å². The number of hydrogen-bond acceptors (Lipinski definition) is 2. The first-order valence-electron chi connectivity index (χ1n) is 10.1. The van der Waals surface area contributed by atoms with Crippen LogP contribution in [0, 0.1) is 0 Å². The molecule has 0 radical (unpaired) electrons. The first-order chi connectivity index (χ1) is 14.1. The van der Waals surface area contributed by atoms with Crippen molar-refractivity contribution in [1.29, 1.82) is 0 Å². The third kappa shape index (κ3) is 4.09. The highest BCUT2D eigenvalue weighted by Crippen LogP contribution is 2.37. The molecule has 0 bridgehead atoms. The molecule has 0 unspecified atom stereocenters. The molecule has 0 aliphatic heterocycles. The zero-order valence-electron chi connectivity index (χ0n) is 17.5. The van der Waals surface area contributed by atoms with Crippen molar-refractivity contribution in [2.45, 2.75) is 33.1 Å².